The lowest BCUT2D eigenvalue weighted by atomic mass is 10.1. The predicted octanol–water partition coefficient (Wildman–Crippen LogP) is 0.167. The van der Waals surface area contributed by atoms with Crippen LogP contribution in [0.25, 0.3) is 0 Å². The Morgan fingerprint density at radius 2 is 2.26 bits per heavy atom. The molecule has 1 aromatic carbocycles. The molecule has 0 spiro atoms. The van der Waals surface area contributed by atoms with E-state index in [-0.39, 0.29) is 6.54 Å². The maximum Gasteiger partial charge on any atom is 0.274 e. The van der Waals surface area contributed by atoms with Gasteiger partial charge in [0.05, 0.1) is 5.69 Å². The van der Waals surface area contributed by atoms with Crippen LogP contribution in [0.2, 0.25) is 0 Å². The number of carbonyl (C=O) groups excluding carboxylic acids is 2. The average molecular weight is 264 g/mol. The van der Waals surface area contributed by atoms with Crippen molar-refractivity contribution in [3.05, 3.63) is 23.8 Å². The first-order chi connectivity index (χ1) is 8.95. The molecule has 2 amide bonds. The summed E-state index contributed by atoms with van der Waals surface area (Å²) in [5.41, 5.74) is 6.65. The Morgan fingerprint density at radius 1 is 1.58 bits per heavy atom. The van der Waals surface area contributed by atoms with Crippen molar-refractivity contribution >= 4 is 17.5 Å². The summed E-state index contributed by atoms with van der Waals surface area (Å²) >= 11 is 0. The maximum atomic E-state index is 12.1. The Labute approximate surface area is 110 Å². The van der Waals surface area contributed by atoms with Gasteiger partial charge in [-0.25, -0.2) is 4.90 Å². The minimum Gasteiger partial charge on any atom is -0.479 e. The van der Waals surface area contributed by atoms with Gasteiger partial charge in [0.25, 0.3) is 11.8 Å². The number of benzene rings is 1. The monoisotopic (exact) mass is 264 g/mol. The van der Waals surface area contributed by atoms with Gasteiger partial charge in [-0.15, -0.1) is 0 Å². The van der Waals surface area contributed by atoms with Crippen LogP contribution in [0.5, 0.6) is 5.75 Å². The topological polar surface area (TPSA) is 92.9 Å². The van der Waals surface area contributed by atoms with Crippen LogP contribution in [-0.4, -0.2) is 29.1 Å². The van der Waals surface area contributed by atoms with Gasteiger partial charge in [0, 0.05) is 6.54 Å². The van der Waals surface area contributed by atoms with Crippen molar-refractivity contribution < 1.29 is 19.4 Å². The van der Waals surface area contributed by atoms with Gasteiger partial charge in [-0.05, 0) is 31.5 Å². The van der Waals surface area contributed by atoms with E-state index >= 15 is 0 Å². The number of hydrogen-bond donors (Lipinski definition) is 2. The number of aliphatic hydroxyl groups excluding tert-OH is 1. The lowest BCUT2D eigenvalue weighted by Crippen LogP contribution is -2.50. The first-order valence-electron chi connectivity index (χ1n) is 6.01. The van der Waals surface area contributed by atoms with Gasteiger partial charge in [0.15, 0.2) is 6.10 Å². The third-order valence-electron chi connectivity index (χ3n) is 2.95. The molecule has 0 radical (unpaired) electrons. The zero-order chi connectivity index (χ0) is 14.2. The number of hydrogen-bond acceptors (Lipinski definition) is 5. The number of rotatable bonds is 2. The van der Waals surface area contributed by atoms with Crippen molar-refractivity contribution in [1.82, 2.24) is 0 Å². The molecule has 102 valence electrons. The van der Waals surface area contributed by atoms with E-state index in [1.54, 1.807) is 25.1 Å². The average Bonchev–Trinajstić information content (AvgIpc) is 2.39. The standard InChI is InChI=1S/C13H16N2O4/c1-7(16)12(17)15-10-5-9(6-14)3-4-11(10)19-8(2)13(15)18/h3-5,7-8,16H,6,14H2,1-2H3. The van der Waals surface area contributed by atoms with Crippen LogP contribution in [0.4, 0.5) is 5.69 Å². The van der Waals surface area contributed by atoms with E-state index in [2.05, 4.69) is 0 Å². The number of aliphatic hydroxyl groups is 1. The van der Waals surface area contributed by atoms with Crippen molar-refractivity contribution in [3.8, 4) is 5.75 Å². The van der Waals surface area contributed by atoms with Gasteiger partial charge in [0.1, 0.15) is 11.9 Å². The highest BCUT2D eigenvalue weighted by molar-refractivity contribution is 6.19. The van der Waals surface area contributed by atoms with Crippen LogP contribution in [0.1, 0.15) is 19.4 Å². The van der Waals surface area contributed by atoms with Gasteiger partial charge < -0.3 is 15.6 Å². The number of amides is 2. The second-order valence-corrected chi connectivity index (χ2v) is 4.45. The minimum absolute atomic E-state index is 0.285. The zero-order valence-electron chi connectivity index (χ0n) is 10.8. The molecule has 0 aliphatic carbocycles. The molecule has 1 heterocycles. The molecule has 3 N–H and O–H groups in total. The molecule has 0 aromatic heterocycles. The second kappa shape index (κ2) is 4.99. The molecule has 2 unspecified atom stereocenters. The van der Waals surface area contributed by atoms with Gasteiger partial charge in [-0.3, -0.25) is 9.59 Å². The molecule has 0 bridgehead atoms. The summed E-state index contributed by atoms with van der Waals surface area (Å²) in [6.45, 7) is 3.17. The maximum absolute atomic E-state index is 12.1. The molecule has 1 aromatic rings. The van der Waals surface area contributed by atoms with E-state index in [9.17, 15) is 14.7 Å². The summed E-state index contributed by atoms with van der Waals surface area (Å²) in [5, 5.41) is 9.42. The zero-order valence-corrected chi connectivity index (χ0v) is 10.8. The van der Waals surface area contributed by atoms with Crippen LogP contribution < -0.4 is 15.4 Å². The molecule has 2 rings (SSSR count). The Bertz CT molecular complexity index is 527. The third-order valence-corrected chi connectivity index (χ3v) is 2.95. The Kier molecular flexibility index (Phi) is 3.55. The SMILES string of the molecule is CC(O)C(=O)N1C(=O)C(C)Oc2ccc(CN)cc21. The molecule has 1 aliphatic rings. The summed E-state index contributed by atoms with van der Waals surface area (Å²) in [4.78, 5) is 25.0. The molecule has 0 saturated heterocycles. The number of imide groups is 1. The molecule has 6 nitrogen and oxygen atoms in total. The highest BCUT2D eigenvalue weighted by Gasteiger charge is 2.37. The lowest BCUT2D eigenvalue weighted by molar-refractivity contribution is -0.134. The number of nitrogens with zero attached hydrogens (tertiary/aromatic N) is 1. The van der Waals surface area contributed by atoms with Crippen LogP contribution in [0.3, 0.4) is 0 Å². The van der Waals surface area contributed by atoms with E-state index in [4.69, 9.17) is 10.5 Å². The molecular weight excluding hydrogens is 248 g/mol. The van der Waals surface area contributed by atoms with Gasteiger partial charge >= 0.3 is 0 Å². The highest BCUT2D eigenvalue weighted by atomic mass is 16.5. The molecule has 19 heavy (non-hydrogen) atoms. The lowest BCUT2D eigenvalue weighted by Gasteiger charge is -2.32. The molecule has 6 heteroatoms. The van der Waals surface area contributed by atoms with Crippen molar-refractivity contribution in [2.24, 2.45) is 5.73 Å². The summed E-state index contributed by atoms with van der Waals surface area (Å²) < 4.78 is 5.44. The highest BCUT2D eigenvalue weighted by Crippen LogP contribution is 2.35. The van der Waals surface area contributed by atoms with E-state index in [1.807, 2.05) is 0 Å². The number of anilines is 1. The van der Waals surface area contributed by atoms with Gasteiger partial charge in [-0.2, -0.15) is 0 Å². The molecule has 1 aliphatic heterocycles. The first kappa shape index (κ1) is 13.5. The first-order valence-corrected chi connectivity index (χ1v) is 6.01. The number of carbonyl (C=O) groups is 2. The number of fused-ring (bicyclic) bond motifs is 1. The summed E-state index contributed by atoms with van der Waals surface area (Å²) in [6, 6.07) is 5.06. The normalized spacial score (nSPS) is 19.7. The van der Waals surface area contributed by atoms with Crippen LogP contribution >= 0.6 is 0 Å². The van der Waals surface area contributed by atoms with Crippen molar-refractivity contribution in [3.63, 3.8) is 0 Å². The van der Waals surface area contributed by atoms with E-state index < -0.39 is 24.0 Å². The minimum atomic E-state index is -1.26. The van der Waals surface area contributed by atoms with Crippen molar-refractivity contribution in [2.45, 2.75) is 32.6 Å². The Hall–Kier alpha value is -1.92. The van der Waals surface area contributed by atoms with E-state index in [0.717, 1.165) is 10.5 Å². The molecule has 0 saturated carbocycles. The van der Waals surface area contributed by atoms with Gasteiger partial charge in [-0.1, -0.05) is 6.07 Å². The number of nitrogens with two attached hydrogens (primary N) is 1. The van der Waals surface area contributed by atoms with Crippen molar-refractivity contribution in [1.29, 1.82) is 0 Å². The summed E-state index contributed by atoms with van der Waals surface area (Å²) in [5.74, 6) is -0.735. The predicted molar refractivity (Wildman–Crippen MR) is 68.6 cm³/mol. The third kappa shape index (κ3) is 2.32. The molecule has 0 fully saturated rings. The van der Waals surface area contributed by atoms with E-state index in [1.165, 1.54) is 6.92 Å². The Balaban J connectivity index is 2.53. The fourth-order valence-corrected chi connectivity index (χ4v) is 1.92. The van der Waals surface area contributed by atoms with Crippen molar-refractivity contribution in [2.75, 3.05) is 4.90 Å². The smallest absolute Gasteiger partial charge is 0.274 e. The van der Waals surface area contributed by atoms with Crippen LogP contribution in [-0.2, 0) is 16.1 Å². The van der Waals surface area contributed by atoms with Crippen LogP contribution in [0.15, 0.2) is 18.2 Å². The van der Waals surface area contributed by atoms with Crippen LogP contribution in [0, 0.1) is 0 Å². The summed E-state index contributed by atoms with van der Waals surface area (Å²) in [6.07, 6.45) is -2.03. The molecule has 2 atom stereocenters. The quantitative estimate of drug-likeness (QED) is 0.794. The van der Waals surface area contributed by atoms with E-state index in [0.29, 0.717) is 11.4 Å². The summed E-state index contributed by atoms with van der Waals surface area (Å²) in [7, 11) is 0. The Morgan fingerprint density at radius 3 is 2.84 bits per heavy atom. The van der Waals surface area contributed by atoms with Gasteiger partial charge in [0.2, 0.25) is 0 Å². The molecular formula is C13H16N2O4. The largest absolute Gasteiger partial charge is 0.479 e. The fourth-order valence-electron chi connectivity index (χ4n) is 1.92. The second-order valence-electron chi connectivity index (χ2n) is 4.45. The fraction of sp³-hybridized carbons (Fsp3) is 0.385. The number of ether oxygens (including phenoxy) is 1.